The second kappa shape index (κ2) is 4.97. The van der Waals surface area contributed by atoms with Crippen molar-refractivity contribution in [2.24, 2.45) is 0 Å². The lowest BCUT2D eigenvalue weighted by Gasteiger charge is -2.11. The average Bonchev–Trinajstić information content (AvgIpc) is 2.71. The maximum absolute atomic E-state index is 13.1. The second-order valence-corrected chi connectivity index (χ2v) is 4.63. The van der Waals surface area contributed by atoms with E-state index in [1.165, 1.54) is 12.1 Å². The number of aromatic nitrogens is 2. The molecule has 20 heavy (non-hydrogen) atoms. The van der Waals surface area contributed by atoms with Crippen LogP contribution < -0.4 is 10.6 Å². The Balaban J connectivity index is 1.77. The molecule has 2 heterocycles. The van der Waals surface area contributed by atoms with Gasteiger partial charge >= 0.3 is 0 Å². The zero-order valence-corrected chi connectivity index (χ0v) is 10.9. The van der Waals surface area contributed by atoms with Gasteiger partial charge < -0.3 is 5.32 Å². The van der Waals surface area contributed by atoms with Crippen LogP contribution in [-0.4, -0.2) is 15.9 Å². The van der Waals surface area contributed by atoms with Crippen molar-refractivity contribution in [3.63, 3.8) is 0 Å². The standard InChI is InChI=1S/C14H13FN4O/c1-8-16-5-4-10(18-8)7-17-13-11-3-2-9(15)6-12(11)19-14(13)20/h2-6,13,17H,7H2,1H3,(H,19,20). The molecule has 2 N–H and O–H groups in total. The lowest BCUT2D eigenvalue weighted by atomic mass is 10.1. The number of hydrogen-bond acceptors (Lipinski definition) is 4. The summed E-state index contributed by atoms with van der Waals surface area (Å²) in [5, 5.41) is 5.79. The summed E-state index contributed by atoms with van der Waals surface area (Å²) in [7, 11) is 0. The number of nitrogens with zero attached hydrogens (tertiary/aromatic N) is 2. The maximum Gasteiger partial charge on any atom is 0.246 e. The van der Waals surface area contributed by atoms with Crippen LogP contribution in [0, 0.1) is 12.7 Å². The highest BCUT2D eigenvalue weighted by atomic mass is 19.1. The molecule has 0 radical (unpaired) electrons. The highest BCUT2D eigenvalue weighted by molar-refractivity contribution is 6.02. The van der Waals surface area contributed by atoms with Gasteiger partial charge in [0.2, 0.25) is 5.91 Å². The molecule has 5 nitrogen and oxygen atoms in total. The van der Waals surface area contributed by atoms with Gasteiger partial charge in [0.1, 0.15) is 17.7 Å². The molecule has 3 rings (SSSR count). The first kappa shape index (κ1) is 12.7. The van der Waals surface area contributed by atoms with Crippen LogP contribution in [0.25, 0.3) is 0 Å². The van der Waals surface area contributed by atoms with E-state index >= 15 is 0 Å². The fraction of sp³-hybridized carbons (Fsp3) is 0.214. The topological polar surface area (TPSA) is 66.9 Å². The molecular weight excluding hydrogens is 259 g/mol. The Kier molecular flexibility index (Phi) is 3.15. The molecule has 1 atom stereocenters. The smallest absolute Gasteiger partial charge is 0.246 e. The summed E-state index contributed by atoms with van der Waals surface area (Å²) in [6, 6.07) is 5.59. The Labute approximate surface area is 115 Å². The van der Waals surface area contributed by atoms with Gasteiger partial charge in [0.05, 0.1) is 5.69 Å². The highest BCUT2D eigenvalue weighted by Crippen LogP contribution is 2.31. The molecule has 1 aliphatic rings. The zero-order chi connectivity index (χ0) is 14.1. The van der Waals surface area contributed by atoms with Gasteiger partial charge in [-0.15, -0.1) is 0 Å². The number of nitrogens with one attached hydrogen (secondary N) is 2. The number of amides is 1. The molecule has 0 aliphatic carbocycles. The molecule has 1 amide bonds. The quantitative estimate of drug-likeness (QED) is 0.892. The van der Waals surface area contributed by atoms with Crippen molar-refractivity contribution >= 4 is 11.6 Å². The van der Waals surface area contributed by atoms with E-state index in [-0.39, 0.29) is 11.7 Å². The predicted octanol–water partition coefficient (Wildman–Crippen LogP) is 1.71. The van der Waals surface area contributed by atoms with Crippen molar-refractivity contribution in [2.75, 3.05) is 5.32 Å². The maximum atomic E-state index is 13.1. The average molecular weight is 272 g/mol. The fourth-order valence-electron chi connectivity index (χ4n) is 2.25. The largest absolute Gasteiger partial charge is 0.324 e. The monoisotopic (exact) mass is 272 g/mol. The van der Waals surface area contributed by atoms with Crippen molar-refractivity contribution in [3.05, 3.63) is 53.4 Å². The molecule has 2 aromatic rings. The van der Waals surface area contributed by atoms with E-state index in [2.05, 4.69) is 20.6 Å². The summed E-state index contributed by atoms with van der Waals surface area (Å²) in [6.45, 7) is 2.25. The third-order valence-corrected chi connectivity index (χ3v) is 3.17. The van der Waals surface area contributed by atoms with Gasteiger partial charge in [-0.25, -0.2) is 14.4 Å². The molecule has 0 spiro atoms. The lowest BCUT2D eigenvalue weighted by molar-refractivity contribution is -0.117. The van der Waals surface area contributed by atoms with Crippen LogP contribution in [0.2, 0.25) is 0 Å². The van der Waals surface area contributed by atoms with Crippen LogP contribution in [0.4, 0.5) is 10.1 Å². The van der Waals surface area contributed by atoms with E-state index in [1.54, 1.807) is 18.3 Å². The number of halogens is 1. The Bertz CT molecular complexity index is 674. The van der Waals surface area contributed by atoms with Crippen LogP contribution in [0.5, 0.6) is 0 Å². The van der Waals surface area contributed by atoms with Crippen LogP contribution in [0.15, 0.2) is 30.5 Å². The zero-order valence-electron chi connectivity index (χ0n) is 10.9. The minimum absolute atomic E-state index is 0.184. The number of fused-ring (bicyclic) bond motifs is 1. The van der Waals surface area contributed by atoms with Gasteiger partial charge in [-0.2, -0.15) is 0 Å². The third kappa shape index (κ3) is 2.37. The molecule has 1 aromatic carbocycles. The summed E-state index contributed by atoms with van der Waals surface area (Å²) in [6.07, 6.45) is 1.68. The highest BCUT2D eigenvalue weighted by Gasteiger charge is 2.30. The van der Waals surface area contributed by atoms with Gasteiger partial charge in [0, 0.05) is 24.0 Å². The first-order chi connectivity index (χ1) is 9.63. The molecule has 102 valence electrons. The summed E-state index contributed by atoms with van der Waals surface area (Å²) in [5.41, 5.74) is 2.08. The third-order valence-electron chi connectivity index (χ3n) is 3.17. The minimum atomic E-state index is -0.485. The molecule has 0 fully saturated rings. The molecule has 1 unspecified atom stereocenters. The van der Waals surface area contributed by atoms with E-state index in [0.29, 0.717) is 18.1 Å². The van der Waals surface area contributed by atoms with Crippen molar-refractivity contribution < 1.29 is 9.18 Å². The van der Waals surface area contributed by atoms with Crippen molar-refractivity contribution in [2.45, 2.75) is 19.5 Å². The molecule has 1 aliphatic heterocycles. The van der Waals surface area contributed by atoms with Gasteiger partial charge in [-0.3, -0.25) is 10.1 Å². The van der Waals surface area contributed by atoms with E-state index in [9.17, 15) is 9.18 Å². The fourth-order valence-corrected chi connectivity index (χ4v) is 2.25. The first-order valence-electron chi connectivity index (χ1n) is 6.26. The van der Waals surface area contributed by atoms with E-state index < -0.39 is 6.04 Å². The van der Waals surface area contributed by atoms with Crippen LogP contribution in [0.3, 0.4) is 0 Å². The van der Waals surface area contributed by atoms with E-state index in [4.69, 9.17) is 0 Å². The van der Waals surface area contributed by atoms with Crippen molar-refractivity contribution in [1.29, 1.82) is 0 Å². The van der Waals surface area contributed by atoms with E-state index in [0.717, 1.165) is 11.3 Å². The number of benzene rings is 1. The number of carbonyl (C=O) groups is 1. The Morgan fingerprint density at radius 2 is 2.25 bits per heavy atom. The predicted molar refractivity (Wildman–Crippen MR) is 71.4 cm³/mol. The van der Waals surface area contributed by atoms with E-state index in [1.807, 2.05) is 6.92 Å². The lowest BCUT2D eigenvalue weighted by Crippen LogP contribution is -2.27. The van der Waals surface area contributed by atoms with Crippen LogP contribution >= 0.6 is 0 Å². The van der Waals surface area contributed by atoms with Gasteiger partial charge in [0.15, 0.2) is 0 Å². The number of anilines is 1. The molecule has 1 aromatic heterocycles. The number of aryl methyl sites for hydroxylation is 1. The normalized spacial score (nSPS) is 16.9. The molecule has 0 bridgehead atoms. The first-order valence-corrected chi connectivity index (χ1v) is 6.26. The minimum Gasteiger partial charge on any atom is -0.324 e. The summed E-state index contributed by atoms with van der Waals surface area (Å²) >= 11 is 0. The summed E-state index contributed by atoms with van der Waals surface area (Å²) < 4.78 is 13.1. The Hall–Kier alpha value is -2.34. The summed E-state index contributed by atoms with van der Waals surface area (Å²) in [5.74, 6) is 0.134. The van der Waals surface area contributed by atoms with Gasteiger partial charge in [0.25, 0.3) is 0 Å². The molecule has 0 saturated carbocycles. The van der Waals surface area contributed by atoms with Gasteiger partial charge in [-0.1, -0.05) is 6.07 Å². The second-order valence-electron chi connectivity index (χ2n) is 4.63. The van der Waals surface area contributed by atoms with Crippen LogP contribution in [0.1, 0.15) is 23.1 Å². The Morgan fingerprint density at radius 3 is 3.05 bits per heavy atom. The van der Waals surface area contributed by atoms with Crippen molar-refractivity contribution in [3.8, 4) is 0 Å². The van der Waals surface area contributed by atoms with Crippen LogP contribution in [-0.2, 0) is 11.3 Å². The molecule has 6 heteroatoms. The van der Waals surface area contributed by atoms with Crippen molar-refractivity contribution in [1.82, 2.24) is 15.3 Å². The molecule has 0 saturated heterocycles. The number of hydrogen-bond donors (Lipinski definition) is 2. The molecular formula is C14H13FN4O. The summed E-state index contributed by atoms with van der Waals surface area (Å²) in [4.78, 5) is 20.2. The number of rotatable bonds is 3. The number of carbonyl (C=O) groups excluding carboxylic acids is 1. The SMILES string of the molecule is Cc1nccc(CNC2C(=O)Nc3cc(F)ccc32)n1. The Morgan fingerprint density at radius 1 is 1.40 bits per heavy atom. The van der Waals surface area contributed by atoms with Gasteiger partial charge in [-0.05, 0) is 25.1 Å².